The van der Waals surface area contributed by atoms with Crippen molar-refractivity contribution in [1.29, 1.82) is 0 Å². The lowest BCUT2D eigenvalue weighted by Crippen LogP contribution is -2.19. The van der Waals surface area contributed by atoms with Crippen molar-refractivity contribution >= 4 is 5.69 Å². The van der Waals surface area contributed by atoms with Gasteiger partial charge in [0, 0.05) is 17.8 Å². The van der Waals surface area contributed by atoms with E-state index in [1.807, 2.05) is 38.4 Å². The molecule has 0 atom stereocenters. The lowest BCUT2D eigenvalue weighted by molar-refractivity contribution is 0.261. The molecule has 0 spiro atoms. The van der Waals surface area contributed by atoms with Gasteiger partial charge in [-0.2, -0.15) is 0 Å². The van der Waals surface area contributed by atoms with E-state index in [0.717, 1.165) is 29.1 Å². The van der Waals surface area contributed by atoms with Crippen molar-refractivity contribution in [2.45, 2.75) is 6.92 Å². The number of likely N-dealkylation sites (N-methyl/N-ethyl adjacent to an activating group) is 1. The zero-order valence-electron chi connectivity index (χ0n) is 12.4. The predicted octanol–water partition coefficient (Wildman–Crippen LogP) is 3.18. The van der Waals surface area contributed by atoms with Crippen molar-refractivity contribution in [2.75, 3.05) is 33.0 Å². The first-order chi connectivity index (χ1) is 9.56. The van der Waals surface area contributed by atoms with Crippen LogP contribution in [0.1, 0.15) is 5.56 Å². The lowest BCUT2D eigenvalue weighted by Gasteiger charge is -2.12. The Balaban J connectivity index is 2.09. The second-order valence-corrected chi connectivity index (χ2v) is 5.27. The van der Waals surface area contributed by atoms with E-state index in [4.69, 9.17) is 10.5 Å². The summed E-state index contributed by atoms with van der Waals surface area (Å²) >= 11 is 0. The van der Waals surface area contributed by atoms with Crippen LogP contribution < -0.4 is 10.5 Å². The summed E-state index contributed by atoms with van der Waals surface area (Å²) in [5, 5.41) is 0. The minimum Gasteiger partial charge on any atom is -0.492 e. The zero-order valence-corrected chi connectivity index (χ0v) is 12.4. The number of hydrogen-bond donors (Lipinski definition) is 1. The molecule has 2 aromatic carbocycles. The maximum Gasteiger partial charge on any atom is 0.119 e. The van der Waals surface area contributed by atoms with Gasteiger partial charge in [0.05, 0.1) is 0 Å². The Bertz CT molecular complexity index is 562. The smallest absolute Gasteiger partial charge is 0.119 e. The maximum atomic E-state index is 6.04. The van der Waals surface area contributed by atoms with Crippen LogP contribution in [0.3, 0.4) is 0 Å². The minimum absolute atomic E-state index is 0.693. The average molecular weight is 270 g/mol. The van der Waals surface area contributed by atoms with E-state index in [1.54, 1.807) is 0 Å². The predicted molar refractivity (Wildman–Crippen MR) is 85.1 cm³/mol. The minimum atomic E-state index is 0.693. The fourth-order valence-corrected chi connectivity index (χ4v) is 2.00. The molecule has 0 aliphatic heterocycles. The molecule has 0 aliphatic rings. The average Bonchev–Trinajstić information content (AvgIpc) is 2.42. The highest BCUT2D eigenvalue weighted by atomic mass is 16.5. The molecular formula is C17H22N2O. The SMILES string of the molecule is Cc1ccc(N)c(-c2ccc(OCCN(C)C)cc2)c1. The van der Waals surface area contributed by atoms with Gasteiger partial charge < -0.3 is 15.4 Å². The standard InChI is InChI=1S/C17H22N2O/c1-13-4-9-17(18)16(12-13)14-5-7-15(8-6-14)20-11-10-19(2)3/h4-9,12H,10-11,18H2,1-3H3. The van der Waals surface area contributed by atoms with Gasteiger partial charge in [-0.1, -0.05) is 23.8 Å². The topological polar surface area (TPSA) is 38.5 Å². The highest BCUT2D eigenvalue weighted by molar-refractivity contribution is 5.77. The quantitative estimate of drug-likeness (QED) is 0.848. The number of rotatable bonds is 5. The highest BCUT2D eigenvalue weighted by Crippen LogP contribution is 2.28. The summed E-state index contributed by atoms with van der Waals surface area (Å²) in [7, 11) is 4.07. The third-order valence-corrected chi connectivity index (χ3v) is 3.18. The number of hydrogen-bond acceptors (Lipinski definition) is 3. The Labute approximate surface area is 121 Å². The van der Waals surface area contributed by atoms with Gasteiger partial charge in [-0.25, -0.2) is 0 Å². The molecule has 0 saturated heterocycles. The van der Waals surface area contributed by atoms with E-state index >= 15 is 0 Å². The molecule has 0 bridgehead atoms. The number of aryl methyl sites for hydroxylation is 1. The Morgan fingerprint density at radius 1 is 1.05 bits per heavy atom. The molecule has 2 N–H and O–H groups in total. The second-order valence-electron chi connectivity index (χ2n) is 5.27. The van der Waals surface area contributed by atoms with Crippen molar-refractivity contribution in [1.82, 2.24) is 4.90 Å². The van der Waals surface area contributed by atoms with E-state index in [0.29, 0.717) is 6.61 Å². The van der Waals surface area contributed by atoms with Crippen LogP contribution in [-0.2, 0) is 0 Å². The van der Waals surface area contributed by atoms with Gasteiger partial charge in [0.1, 0.15) is 12.4 Å². The Morgan fingerprint density at radius 3 is 2.40 bits per heavy atom. The number of nitrogens with zero attached hydrogens (tertiary/aromatic N) is 1. The van der Waals surface area contributed by atoms with E-state index in [9.17, 15) is 0 Å². The number of nitrogen functional groups attached to an aromatic ring is 1. The number of anilines is 1. The van der Waals surface area contributed by atoms with Crippen LogP contribution in [0.2, 0.25) is 0 Å². The van der Waals surface area contributed by atoms with E-state index in [2.05, 4.69) is 30.0 Å². The largest absolute Gasteiger partial charge is 0.492 e. The van der Waals surface area contributed by atoms with Crippen molar-refractivity contribution in [2.24, 2.45) is 0 Å². The van der Waals surface area contributed by atoms with Gasteiger partial charge in [0.25, 0.3) is 0 Å². The fourth-order valence-electron chi connectivity index (χ4n) is 2.00. The molecule has 0 saturated carbocycles. The number of ether oxygens (including phenoxy) is 1. The third kappa shape index (κ3) is 3.75. The van der Waals surface area contributed by atoms with Gasteiger partial charge in [-0.3, -0.25) is 0 Å². The van der Waals surface area contributed by atoms with Crippen molar-refractivity contribution in [3.05, 3.63) is 48.0 Å². The second kappa shape index (κ2) is 6.44. The van der Waals surface area contributed by atoms with Gasteiger partial charge in [0.2, 0.25) is 0 Å². The van der Waals surface area contributed by atoms with Crippen LogP contribution >= 0.6 is 0 Å². The Morgan fingerprint density at radius 2 is 1.75 bits per heavy atom. The highest BCUT2D eigenvalue weighted by Gasteiger charge is 2.03. The van der Waals surface area contributed by atoms with Gasteiger partial charge in [-0.05, 0) is 50.8 Å². The molecule has 3 nitrogen and oxygen atoms in total. The molecule has 106 valence electrons. The Kier molecular flexibility index (Phi) is 4.64. The summed E-state index contributed by atoms with van der Waals surface area (Å²) in [5.41, 5.74) is 10.2. The maximum absolute atomic E-state index is 6.04. The normalized spacial score (nSPS) is 10.8. The zero-order chi connectivity index (χ0) is 14.5. The molecule has 0 fully saturated rings. The van der Waals surface area contributed by atoms with E-state index in [1.165, 1.54) is 5.56 Å². The van der Waals surface area contributed by atoms with E-state index in [-0.39, 0.29) is 0 Å². The van der Waals surface area contributed by atoms with Crippen molar-refractivity contribution < 1.29 is 4.74 Å². The van der Waals surface area contributed by atoms with E-state index < -0.39 is 0 Å². The lowest BCUT2D eigenvalue weighted by atomic mass is 10.0. The molecule has 0 heterocycles. The summed E-state index contributed by atoms with van der Waals surface area (Å²) in [5.74, 6) is 0.891. The number of benzene rings is 2. The first-order valence-electron chi connectivity index (χ1n) is 6.80. The third-order valence-electron chi connectivity index (χ3n) is 3.18. The molecule has 2 aromatic rings. The van der Waals surface area contributed by atoms with Crippen molar-refractivity contribution in [3.8, 4) is 16.9 Å². The molecule has 0 aromatic heterocycles. The molecule has 0 amide bonds. The molecule has 2 rings (SSSR count). The van der Waals surface area contributed by atoms with Gasteiger partial charge in [-0.15, -0.1) is 0 Å². The van der Waals surface area contributed by atoms with Gasteiger partial charge in [0.15, 0.2) is 0 Å². The molecule has 0 aliphatic carbocycles. The number of nitrogens with two attached hydrogens (primary N) is 1. The summed E-state index contributed by atoms with van der Waals surface area (Å²) in [4.78, 5) is 2.10. The van der Waals surface area contributed by atoms with Crippen LogP contribution in [0.4, 0.5) is 5.69 Å². The first-order valence-corrected chi connectivity index (χ1v) is 6.80. The Hall–Kier alpha value is -2.00. The van der Waals surface area contributed by atoms with Crippen LogP contribution in [-0.4, -0.2) is 32.1 Å². The van der Waals surface area contributed by atoms with Crippen LogP contribution in [0.15, 0.2) is 42.5 Å². The van der Waals surface area contributed by atoms with Crippen LogP contribution in [0.25, 0.3) is 11.1 Å². The monoisotopic (exact) mass is 270 g/mol. The summed E-state index contributed by atoms with van der Waals surface area (Å²) in [6.45, 7) is 3.67. The fraction of sp³-hybridized carbons (Fsp3) is 0.294. The van der Waals surface area contributed by atoms with Crippen LogP contribution in [0.5, 0.6) is 5.75 Å². The summed E-state index contributed by atoms with van der Waals surface area (Å²) in [6.07, 6.45) is 0. The molecule has 0 radical (unpaired) electrons. The first kappa shape index (κ1) is 14.4. The van der Waals surface area contributed by atoms with Crippen molar-refractivity contribution in [3.63, 3.8) is 0 Å². The molecule has 3 heteroatoms. The summed E-state index contributed by atoms with van der Waals surface area (Å²) in [6, 6.07) is 14.2. The van der Waals surface area contributed by atoms with Gasteiger partial charge >= 0.3 is 0 Å². The van der Waals surface area contributed by atoms with Crippen LogP contribution in [0, 0.1) is 6.92 Å². The molecule has 0 unspecified atom stereocenters. The molecular weight excluding hydrogens is 248 g/mol. The summed E-state index contributed by atoms with van der Waals surface area (Å²) < 4.78 is 5.69. The molecule has 20 heavy (non-hydrogen) atoms.